The molecule has 0 saturated heterocycles. The van der Waals surface area contributed by atoms with Crippen molar-refractivity contribution in [3.05, 3.63) is 58.3 Å². The average Bonchev–Trinajstić information content (AvgIpc) is 3.32. The zero-order valence-corrected chi connectivity index (χ0v) is 14.7. The zero-order valence-electron chi connectivity index (χ0n) is 13.9. The Kier molecular flexibility index (Phi) is 4.96. The summed E-state index contributed by atoms with van der Waals surface area (Å²) < 4.78 is 10.6. The lowest BCUT2D eigenvalue weighted by Crippen LogP contribution is -2.10. The van der Waals surface area contributed by atoms with Crippen molar-refractivity contribution in [3.8, 4) is 23.1 Å². The van der Waals surface area contributed by atoms with E-state index >= 15 is 0 Å². The number of benzene rings is 1. The maximum absolute atomic E-state index is 12.6. The first-order chi connectivity index (χ1) is 12.2. The predicted octanol–water partition coefficient (Wildman–Crippen LogP) is 4.46. The van der Waals surface area contributed by atoms with Crippen LogP contribution in [0.2, 0.25) is 0 Å². The van der Waals surface area contributed by atoms with Gasteiger partial charge in [0.25, 0.3) is 0 Å². The lowest BCUT2D eigenvalue weighted by atomic mass is 10.0. The van der Waals surface area contributed by atoms with Crippen LogP contribution < -0.4 is 4.74 Å². The van der Waals surface area contributed by atoms with E-state index in [2.05, 4.69) is 4.98 Å². The SMILES string of the molecule is CCc1ccc(C(=O)C(C#N)c2nc(-c3ccc(OC)cc3)cs2)o1. The summed E-state index contributed by atoms with van der Waals surface area (Å²) in [6.45, 7) is 1.94. The molecular weight excluding hydrogens is 336 g/mol. The third kappa shape index (κ3) is 3.47. The van der Waals surface area contributed by atoms with E-state index < -0.39 is 5.92 Å². The molecule has 1 aromatic carbocycles. The highest BCUT2D eigenvalue weighted by Crippen LogP contribution is 2.29. The maximum Gasteiger partial charge on any atom is 0.222 e. The molecule has 1 unspecified atom stereocenters. The van der Waals surface area contributed by atoms with Gasteiger partial charge in [0.1, 0.15) is 16.5 Å². The molecule has 0 saturated carbocycles. The van der Waals surface area contributed by atoms with Gasteiger partial charge < -0.3 is 9.15 Å². The molecule has 0 spiro atoms. The average molecular weight is 352 g/mol. The Hall–Kier alpha value is -2.91. The second kappa shape index (κ2) is 7.32. The van der Waals surface area contributed by atoms with Crippen molar-refractivity contribution in [1.82, 2.24) is 4.98 Å². The van der Waals surface area contributed by atoms with Gasteiger partial charge in [-0.25, -0.2) is 4.98 Å². The molecular formula is C19H16N2O3S. The fourth-order valence-corrected chi connectivity index (χ4v) is 3.25. The first-order valence-corrected chi connectivity index (χ1v) is 8.66. The van der Waals surface area contributed by atoms with Crippen molar-refractivity contribution in [2.45, 2.75) is 19.3 Å². The van der Waals surface area contributed by atoms with Gasteiger partial charge in [0, 0.05) is 17.4 Å². The molecule has 5 nitrogen and oxygen atoms in total. The molecule has 3 rings (SSSR count). The first-order valence-electron chi connectivity index (χ1n) is 7.78. The molecule has 3 aromatic rings. The van der Waals surface area contributed by atoms with E-state index in [1.807, 2.05) is 42.6 Å². The normalized spacial score (nSPS) is 11.7. The van der Waals surface area contributed by atoms with Crippen LogP contribution in [0.3, 0.4) is 0 Å². The summed E-state index contributed by atoms with van der Waals surface area (Å²) in [6.07, 6.45) is 0.698. The van der Waals surface area contributed by atoms with Crippen molar-refractivity contribution >= 4 is 17.1 Å². The number of aromatic nitrogens is 1. The van der Waals surface area contributed by atoms with Crippen LogP contribution in [0.5, 0.6) is 5.75 Å². The van der Waals surface area contributed by atoms with E-state index in [1.54, 1.807) is 19.2 Å². The third-order valence-electron chi connectivity index (χ3n) is 3.80. The molecule has 126 valence electrons. The molecule has 0 aliphatic carbocycles. The Labute approximate surface area is 149 Å². The summed E-state index contributed by atoms with van der Waals surface area (Å²) in [6, 6.07) is 12.9. The van der Waals surface area contributed by atoms with Gasteiger partial charge in [0.15, 0.2) is 11.7 Å². The van der Waals surface area contributed by atoms with Gasteiger partial charge in [-0.3, -0.25) is 4.79 Å². The minimum absolute atomic E-state index is 0.199. The molecule has 2 aromatic heterocycles. The van der Waals surface area contributed by atoms with Gasteiger partial charge in [-0.05, 0) is 36.4 Å². The van der Waals surface area contributed by atoms with Crippen molar-refractivity contribution in [2.24, 2.45) is 0 Å². The van der Waals surface area contributed by atoms with Gasteiger partial charge in [-0.15, -0.1) is 11.3 Å². The molecule has 0 N–H and O–H groups in total. The molecule has 0 bridgehead atoms. The molecule has 0 amide bonds. The number of nitriles is 1. The number of ether oxygens (including phenoxy) is 1. The van der Waals surface area contributed by atoms with Gasteiger partial charge >= 0.3 is 0 Å². The molecule has 6 heteroatoms. The van der Waals surface area contributed by atoms with E-state index in [1.165, 1.54) is 11.3 Å². The van der Waals surface area contributed by atoms with Gasteiger partial charge in [-0.2, -0.15) is 5.26 Å². The van der Waals surface area contributed by atoms with Crippen LogP contribution in [0.15, 0.2) is 46.2 Å². The van der Waals surface area contributed by atoms with Crippen LogP contribution in [0.1, 0.15) is 34.2 Å². The van der Waals surface area contributed by atoms with Crippen molar-refractivity contribution in [1.29, 1.82) is 5.26 Å². The summed E-state index contributed by atoms with van der Waals surface area (Å²) in [5.74, 6) is 0.349. The number of furan rings is 1. The van der Waals surface area contributed by atoms with E-state index in [0.29, 0.717) is 11.4 Å². The summed E-state index contributed by atoms with van der Waals surface area (Å²) in [5.41, 5.74) is 1.63. The van der Waals surface area contributed by atoms with Crippen LogP contribution in [0, 0.1) is 11.3 Å². The highest BCUT2D eigenvalue weighted by atomic mass is 32.1. The summed E-state index contributed by atoms with van der Waals surface area (Å²) >= 11 is 1.30. The van der Waals surface area contributed by atoms with E-state index in [9.17, 15) is 10.1 Å². The molecule has 0 aliphatic heterocycles. The molecule has 0 aliphatic rings. The topological polar surface area (TPSA) is 76.1 Å². The predicted molar refractivity (Wildman–Crippen MR) is 94.9 cm³/mol. The zero-order chi connectivity index (χ0) is 17.8. The van der Waals surface area contributed by atoms with Crippen LogP contribution in [0.25, 0.3) is 11.3 Å². The highest BCUT2D eigenvalue weighted by molar-refractivity contribution is 7.10. The van der Waals surface area contributed by atoms with Crippen molar-refractivity contribution in [3.63, 3.8) is 0 Å². The second-order valence-corrected chi connectivity index (χ2v) is 6.24. The number of Topliss-reactive ketones (excluding diaryl/α,β-unsaturated/α-hetero) is 1. The second-order valence-electron chi connectivity index (χ2n) is 5.35. The number of hydrogen-bond donors (Lipinski definition) is 0. The number of rotatable bonds is 6. The summed E-state index contributed by atoms with van der Waals surface area (Å²) in [4.78, 5) is 17.0. The molecule has 0 fully saturated rings. The minimum Gasteiger partial charge on any atom is -0.497 e. The Morgan fingerprint density at radius 1 is 1.32 bits per heavy atom. The van der Waals surface area contributed by atoms with E-state index in [0.717, 1.165) is 22.8 Å². The van der Waals surface area contributed by atoms with E-state index in [-0.39, 0.29) is 11.5 Å². The Bertz CT molecular complexity index is 919. The standard InChI is InChI=1S/C19H16N2O3S/c1-3-13-8-9-17(24-13)18(22)15(10-20)19-21-16(11-25-19)12-4-6-14(23-2)7-5-12/h4-9,11,15H,3H2,1-2H3. The Balaban J connectivity index is 1.85. The number of hydrogen-bond acceptors (Lipinski definition) is 6. The number of carbonyl (C=O) groups excluding carboxylic acids is 1. The van der Waals surface area contributed by atoms with Crippen LogP contribution in [-0.4, -0.2) is 17.9 Å². The van der Waals surface area contributed by atoms with E-state index in [4.69, 9.17) is 9.15 Å². The quantitative estimate of drug-likeness (QED) is 0.612. The van der Waals surface area contributed by atoms with Gasteiger partial charge in [0.2, 0.25) is 5.78 Å². The smallest absolute Gasteiger partial charge is 0.222 e. The summed E-state index contributed by atoms with van der Waals surface area (Å²) in [7, 11) is 1.61. The van der Waals surface area contributed by atoms with Crippen molar-refractivity contribution < 1.29 is 13.9 Å². The third-order valence-corrected chi connectivity index (χ3v) is 4.71. The number of aryl methyl sites for hydroxylation is 1. The van der Waals surface area contributed by atoms with Gasteiger partial charge in [0.05, 0.1) is 18.9 Å². The fraction of sp³-hybridized carbons (Fsp3) is 0.211. The number of nitrogens with zero attached hydrogens (tertiary/aromatic N) is 2. The molecule has 25 heavy (non-hydrogen) atoms. The Morgan fingerprint density at radius 2 is 2.08 bits per heavy atom. The Morgan fingerprint density at radius 3 is 2.68 bits per heavy atom. The molecule has 2 heterocycles. The lowest BCUT2D eigenvalue weighted by molar-refractivity contribution is 0.0950. The van der Waals surface area contributed by atoms with Crippen LogP contribution in [-0.2, 0) is 6.42 Å². The van der Waals surface area contributed by atoms with Gasteiger partial charge in [-0.1, -0.05) is 6.92 Å². The first kappa shape index (κ1) is 16.9. The lowest BCUT2D eigenvalue weighted by Gasteiger charge is -2.03. The number of ketones is 1. The number of methoxy groups -OCH3 is 1. The van der Waals surface area contributed by atoms with Crippen LogP contribution in [0.4, 0.5) is 0 Å². The maximum atomic E-state index is 12.6. The summed E-state index contributed by atoms with van der Waals surface area (Å²) in [5, 5.41) is 11.8. The monoisotopic (exact) mass is 352 g/mol. The number of carbonyl (C=O) groups is 1. The number of thiazole rings is 1. The molecule has 0 radical (unpaired) electrons. The van der Waals surface area contributed by atoms with Crippen LogP contribution >= 0.6 is 11.3 Å². The highest BCUT2D eigenvalue weighted by Gasteiger charge is 2.27. The molecule has 1 atom stereocenters. The fourth-order valence-electron chi connectivity index (χ4n) is 2.38. The van der Waals surface area contributed by atoms with Crippen molar-refractivity contribution in [2.75, 3.05) is 7.11 Å². The minimum atomic E-state index is -0.965. The largest absolute Gasteiger partial charge is 0.497 e.